The fourth-order valence-electron chi connectivity index (χ4n) is 4.06. The summed E-state index contributed by atoms with van der Waals surface area (Å²) in [6, 6.07) is 18.0. The number of thioether (sulfide) groups is 1. The number of hydrogen-bond donors (Lipinski definition) is 2. The molecule has 0 saturated carbocycles. The van der Waals surface area contributed by atoms with Crippen LogP contribution < -0.4 is 10.6 Å². The summed E-state index contributed by atoms with van der Waals surface area (Å²) >= 11 is 1.64. The predicted octanol–water partition coefficient (Wildman–Crippen LogP) is 2.81. The van der Waals surface area contributed by atoms with Crippen LogP contribution in [-0.4, -0.2) is 44.8 Å². The molecule has 7 heteroatoms. The Morgan fingerprint density at radius 3 is 2.30 bits per heavy atom. The minimum absolute atomic E-state index is 0.114. The lowest BCUT2D eigenvalue weighted by Gasteiger charge is -2.44. The third-order valence-corrected chi connectivity index (χ3v) is 7.22. The zero-order chi connectivity index (χ0) is 21.3. The van der Waals surface area contributed by atoms with Gasteiger partial charge in [-0.1, -0.05) is 48.5 Å². The molecule has 0 bridgehead atoms. The van der Waals surface area contributed by atoms with E-state index in [1.54, 1.807) is 16.7 Å². The number of carbonyl (C=O) groups excluding carboxylic acids is 3. The Bertz CT molecular complexity index is 949. The minimum atomic E-state index is -0.535. The summed E-state index contributed by atoms with van der Waals surface area (Å²) < 4.78 is -0.284. The highest BCUT2D eigenvalue weighted by Gasteiger charge is 2.61. The van der Waals surface area contributed by atoms with Gasteiger partial charge in [-0.3, -0.25) is 14.4 Å². The number of amides is 3. The molecule has 156 valence electrons. The largest absolute Gasteiger partial charge is 0.341 e. The molecule has 0 radical (unpaired) electrons. The zero-order valence-corrected chi connectivity index (χ0v) is 17.8. The van der Waals surface area contributed by atoms with E-state index in [1.165, 1.54) is 0 Å². The number of hydrogen-bond acceptors (Lipinski definition) is 4. The Morgan fingerprint density at radius 1 is 1.00 bits per heavy atom. The SMILES string of the molecule is CC1(C)SC2C(NC(=O)Cc3ccccc3)C(=O)N2C1CC(=O)Nc1ccccc1. The molecule has 3 atom stereocenters. The van der Waals surface area contributed by atoms with E-state index in [0.29, 0.717) is 0 Å². The van der Waals surface area contributed by atoms with Crippen LogP contribution in [-0.2, 0) is 20.8 Å². The van der Waals surface area contributed by atoms with Gasteiger partial charge in [0, 0.05) is 16.9 Å². The van der Waals surface area contributed by atoms with Crippen molar-refractivity contribution in [2.75, 3.05) is 5.32 Å². The van der Waals surface area contributed by atoms with Crippen LogP contribution in [0.25, 0.3) is 0 Å². The van der Waals surface area contributed by atoms with Gasteiger partial charge in [-0.25, -0.2) is 0 Å². The molecule has 6 nitrogen and oxygen atoms in total. The van der Waals surface area contributed by atoms with E-state index >= 15 is 0 Å². The first-order chi connectivity index (χ1) is 14.3. The van der Waals surface area contributed by atoms with Gasteiger partial charge in [0.25, 0.3) is 0 Å². The molecule has 0 aliphatic carbocycles. The highest BCUT2D eigenvalue weighted by molar-refractivity contribution is 8.01. The third-order valence-electron chi connectivity index (χ3n) is 5.60. The maximum atomic E-state index is 12.8. The topological polar surface area (TPSA) is 78.5 Å². The third kappa shape index (κ3) is 4.07. The van der Waals surface area contributed by atoms with Crippen molar-refractivity contribution in [3.8, 4) is 0 Å². The van der Waals surface area contributed by atoms with Crippen molar-refractivity contribution in [2.45, 2.75) is 48.9 Å². The van der Waals surface area contributed by atoms with Gasteiger partial charge in [-0.2, -0.15) is 0 Å². The molecule has 4 rings (SSSR count). The summed E-state index contributed by atoms with van der Waals surface area (Å²) in [6.07, 6.45) is 0.468. The van der Waals surface area contributed by atoms with Crippen molar-refractivity contribution >= 4 is 35.2 Å². The van der Waals surface area contributed by atoms with Crippen molar-refractivity contribution in [1.82, 2.24) is 10.2 Å². The smallest absolute Gasteiger partial charge is 0.249 e. The Morgan fingerprint density at radius 2 is 1.63 bits per heavy atom. The number of nitrogens with one attached hydrogen (secondary N) is 2. The standard InChI is InChI=1S/C23H25N3O3S/c1-23(2)17(14-19(28)24-16-11-7-4-8-12-16)26-21(29)20(22(26)30-23)25-18(27)13-15-9-5-3-6-10-15/h3-12,17,20,22H,13-14H2,1-2H3,(H,24,28)(H,25,27). The van der Waals surface area contributed by atoms with E-state index in [0.717, 1.165) is 11.3 Å². The number of anilines is 1. The summed E-state index contributed by atoms with van der Waals surface area (Å²) in [7, 11) is 0. The second-order valence-electron chi connectivity index (χ2n) is 8.20. The first kappa shape index (κ1) is 20.5. The van der Waals surface area contributed by atoms with Gasteiger partial charge in [0.2, 0.25) is 17.7 Å². The Labute approximate surface area is 180 Å². The van der Waals surface area contributed by atoms with Crippen molar-refractivity contribution in [2.24, 2.45) is 0 Å². The zero-order valence-electron chi connectivity index (χ0n) is 17.0. The highest BCUT2D eigenvalue weighted by atomic mass is 32.2. The molecule has 0 aromatic heterocycles. The average Bonchev–Trinajstić information content (AvgIpc) is 2.95. The van der Waals surface area contributed by atoms with Gasteiger partial charge < -0.3 is 15.5 Å². The lowest BCUT2D eigenvalue weighted by atomic mass is 9.93. The summed E-state index contributed by atoms with van der Waals surface area (Å²) in [5, 5.41) is 5.64. The lowest BCUT2D eigenvalue weighted by molar-refractivity contribution is -0.151. The lowest BCUT2D eigenvalue weighted by Crippen LogP contribution is -2.69. The Hall–Kier alpha value is -2.80. The fraction of sp³-hybridized carbons (Fsp3) is 0.348. The van der Waals surface area contributed by atoms with Gasteiger partial charge >= 0.3 is 0 Å². The van der Waals surface area contributed by atoms with Crippen molar-refractivity contribution in [3.05, 3.63) is 66.2 Å². The van der Waals surface area contributed by atoms with Gasteiger partial charge in [-0.15, -0.1) is 11.8 Å². The van der Waals surface area contributed by atoms with Crippen LogP contribution in [0.4, 0.5) is 5.69 Å². The number of benzene rings is 2. The number of para-hydroxylation sites is 1. The van der Waals surface area contributed by atoms with Crippen LogP contribution in [0, 0.1) is 0 Å². The van der Waals surface area contributed by atoms with Gasteiger partial charge in [0.15, 0.2) is 0 Å². The first-order valence-corrected chi connectivity index (χ1v) is 10.9. The number of rotatable bonds is 6. The van der Waals surface area contributed by atoms with Crippen molar-refractivity contribution in [3.63, 3.8) is 0 Å². The molecule has 30 heavy (non-hydrogen) atoms. The van der Waals surface area contributed by atoms with Crippen LogP contribution in [0.1, 0.15) is 25.8 Å². The van der Waals surface area contributed by atoms with E-state index in [9.17, 15) is 14.4 Å². The maximum Gasteiger partial charge on any atom is 0.249 e. The molecule has 2 aromatic carbocycles. The van der Waals surface area contributed by atoms with Gasteiger partial charge in [0.1, 0.15) is 11.4 Å². The molecule has 2 fully saturated rings. The average molecular weight is 424 g/mol. The van der Waals surface area contributed by atoms with Gasteiger partial charge in [-0.05, 0) is 31.5 Å². The molecule has 0 spiro atoms. The summed E-state index contributed by atoms with van der Waals surface area (Å²) in [4.78, 5) is 39.6. The van der Waals surface area contributed by atoms with E-state index in [1.807, 2.05) is 74.5 Å². The van der Waals surface area contributed by atoms with Crippen LogP contribution in [0.5, 0.6) is 0 Å². The molecular weight excluding hydrogens is 398 g/mol. The molecule has 2 heterocycles. The molecular formula is C23H25N3O3S. The van der Waals surface area contributed by atoms with Crippen molar-refractivity contribution < 1.29 is 14.4 Å². The summed E-state index contributed by atoms with van der Waals surface area (Å²) in [5.41, 5.74) is 1.65. The minimum Gasteiger partial charge on any atom is -0.341 e. The first-order valence-electron chi connectivity index (χ1n) is 10.0. The fourth-order valence-corrected chi connectivity index (χ4v) is 5.72. The van der Waals surface area contributed by atoms with Crippen LogP contribution in [0.3, 0.4) is 0 Å². The maximum absolute atomic E-state index is 12.8. The Balaban J connectivity index is 1.38. The second kappa shape index (κ2) is 8.14. The number of fused-ring (bicyclic) bond motifs is 1. The normalized spacial score (nSPS) is 24.0. The second-order valence-corrected chi connectivity index (χ2v) is 9.97. The number of nitrogens with zero attached hydrogens (tertiary/aromatic N) is 1. The van der Waals surface area contributed by atoms with Crippen LogP contribution in [0.2, 0.25) is 0 Å². The van der Waals surface area contributed by atoms with E-state index in [-0.39, 0.29) is 46.7 Å². The van der Waals surface area contributed by atoms with E-state index in [2.05, 4.69) is 10.6 Å². The monoisotopic (exact) mass is 423 g/mol. The quantitative estimate of drug-likeness (QED) is 0.701. The molecule has 2 aliphatic rings. The summed E-state index contributed by atoms with van der Waals surface area (Å²) in [5.74, 6) is -0.398. The number of carbonyl (C=O) groups is 3. The Kier molecular flexibility index (Phi) is 5.56. The molecule has 2 aliphatic heterocycles. The molecule has 2 saturated heterocycles. The number of β-lactam (4-membered cyclic amide) rings is 1. The van der Waals surface area contributed by atoms with Crippen LogP contribution in [0.15, 0.2) is 60.7 Å². The molecule has 3 amide bonds. The van der Waals surface area contributed by atoms with Crippen LogP contribution >= 0.6 is 11.8 Å². The van der Waals surface area contributed by atoms with E-state index in [4.69, 9.17) is 0 Å². The van der Waals surface area contributed by atoms with Gasteiger partial charge in [0.05, 0.1) is 12.5 Å². The predicted molar refractivity (Wildman–Crippen MR) is 118 cm³/mol. The highest BCUT2D eigenvalue weighted by Crippen LogP contribution is 2.51. The van der Waals surface area contributed by atoms with Crippen molar-refractivity contribution in [1.29, 1.82) is 0 Å². The molecule has 2 aromatic rings. The molecule has 3 unspecified atom stereocenters. The van der Waals surface area contributed by atoms with E-state index < -0.39 is 6.04 Å². The summed E-state index contributed by atoms with van der Waals surface area (Å²) in [6.45, 7) is 4.10. The molecule has 2 N–H and O–H groups in total.